The van der Waals surface area contributed by atoms with Crippen LogP contribution >= 0.6 is 12.6 Å². The average Bonchev–Trinajstić information content (AvgIpc) is 2.47. The lowest BCUT2D eigenvalue weighted by Crippen LogP contribution is -2.24. The molecule has 0 aliphatic carbocycles. The number of hydrogen-bond donors (Lipinski definition) is 2. The van der Waals surface area contributed by atoms with Crippen LogP contribution in [-0.4, -0.2) is 28.0 Å². The number of rotatable bonds is 3. The van der Waals surface area contributed by atoms with Crippen molar-refractivity contribution >= 4 is 18.5 Å². The first kappa shape index (κ1) is 9.12. The molecule has 0 radical (unpaired) electrons. The second-order valence-electron chi connectivity index (χ2n) is 2.38. The number of nitrogens with one attached hydrogen (secondary N) is 1. The molecule has 1 aromatic rings. The largest absolute Gasteiger partial charge is 0.351 e. The van der Waals surface area contributed by atoms with Crippen LogP contribution in [-0.2, 0) is 7.05 Å². The molecule has 0 bridgehead atoms. The van der Waals surface area contributed by atoms with Gasteiger partial charge in [-0.3, -0.25) is 9.48 Å². The lowest BCUT2D eigenvalue weighted by molar-refractivity contribution is 0.0956. The molecule has 66 valence electrons. The summed E-state index contributed by atoms with van der Waals surface area (Å²) in [7, 11) is 1.77. The maximum Gasteiger partial charge on any atom is 0.254 e. The first-order chi connectivity index (χ1) is 5.74. The molecule has 0 saturated heterocycles. The van der Waals surface area contributed by atoms with Gasteiger partial charge in [0.1, 0.15) is 0 Å². The third kappa shape index (κ3) is 2.27. The smallest absolute Gasteiger partial charge is 0.254 e. The maximum atomic E-state index is 11.2. The summed E-state index contributed by atoms with van der Waals surface area (Å²) >= 11 is 3.98. The molecule has 0 aliphatic rings. The Bertz CT molecular complexity index is 271. The van der Waals surface area contributed by atoms with Crippen LogP contribution in [0.2, 0.25) is 0 Å². The van der Waals surface area contributed by atoms with Crippen molar-refractivity contribution in [3.63, 3.8) is 0 Å². The van der Waals surface area contributed by atoms with Crippen molar-refractivity contribution < 1.29 is 4.79 Å². The zero-order chi connectivity index (χ0) is 8.97. The van der Waals surface area contributed by atoms with E-state index in [1.54, 1.807) is 17.9 Å². The second kappa shape index (κ2) is 4.15. The van der Waals surface area contributed by atoms with E-state index >= 15 is 0 Å². The van der Waals surface area contributed by atoms with Crippen LogP contribution in [0.5, 0.6) is 0 Å². The van der Waals surface area contributed by atoms with E-state index in [2.05, 4.69) is 23.0 Å². The lowest BCUT2D eigenvalue weighted by atomic mass is 10.3. The van der Waals surface area contributed by atoms with Crippen LogP contribution < -0.4 is 5.32 Å². The van der Waals surface area contributed by atoms with Gasteiger partial charge in [0, 0.05) is 25.5 Å². The number of carbonyl (C=O) groups excluding carboxylic acids is 1. The van der Waals surface area contributed by atoms with Crippen molar-refractivity contribution in [1.29, 1.82) is 0 Å². The Morgan fingerprint density at radius 2 is 2.58 bits per heavy atom. The molecule has 1 heterocycles. The number of amides is 1. The molecular weight excluding hydrogens is 174 g/mol. The van der Waals surface area contributed by atoms with Gasteiger partial charge in [0.2, 0.25) is 0 Å². The minimum atomic E-state index is -0.0999. The molecule has 0 spiro atoms. The van der Waals surface area contributed by atoms with Crippen molar-refractivity contribution in [3.8, 4) is 0 Å². The van der Waals surface area contributed by atoms with Crippen LogP contribution in [0, 0.1) is 0 Å². The Hall–Kier alpha value is -0.970. The minimum absolute atomic E-state index is 0.0999. The van der Waals surface area contributed by atoms with E-state index in [0.29, 0.717) is 17.9 Å². The standard InChI is InChI=1S/C7H11N3OS/c1-10-5-6(4-9-10)7(11)8-2-3-12/h4-5,12H,2-3H2,1H3,(H,8,11). The number of carbonyl (C=O) groups is 1. The molecule has 5 heteroatoms. The summed E-state index contributed by atoms with van der Waals surface area (Å²) in [6.07, 6.45) is 3.21. The maximum absolute atomic E-state index is 11.2. The molecular formula is C7H11N3OS. The summed E-state index contributed by atoms with van der Waals surface area (Å²) in [5, 5.41) is 6.58. The zero-order valence-corrected chi connectivity index (χ0v) is 7.71. The second-order valence-corrected chi connectivity index (χ2v) is 2.83. The topological polar surface area (TPSA) is 46.9 Å². The van der Waals surface area contributed by atoms with Crippen LogP contribution in [0.3, 0.4) is 0 Å². The van der Waals surface area contributed by atoms with Gasteiger partial charge in [0.05, 0.1) is 11.8 Å². The van der Waals surface area contributed by atoms with Crippen molar-refractivity contribution in [3.05, 3.63) is 18.0 Å². The molecule has 1 aromatic heterocycles. The predicted molar refractivity (Wildman–Crippen MR) is 49.4 cm³/mol. The SMILES string of the molecule is Cn1cc(C(=O)NCCS)cn1. The summed E-state index contributed by atoms with van der Waals surface area (Å²) in [6, 6.07) is 0. The Morgan fingerprint density at radius 3 is 3.08 bits per heavy atom. The molecule has 0 saturated carbocycles. The Morgan fingerprint density at radius 1 is 1.83 bits per heavy atom. The summed E-state index contributed by atoms with van der Waals surface area (Å²) in [4.78, 5) is 11.2. The molecule has 1 amide bonds. The number of nitrogens with zero attached hydrogens (tertiary/aromatic N) is 2. The third-order valence-electron chi connectivity index (χ3n) is 1.36. The number of thiol groups is 1. The molecule has 4 nitrogen and oxygen atoms in total. The fraction of sp³-hybridized carbons (Fsp3) is 0.429. The number of hydrogen-bond acceptors (Lipinski definition) is 3. The van der Waals surface area contributed by atoms with E-state index in [4.69, 9.17) is 0 Å². The van der Waals surface area contributed by atoms with E-state index in [0.717, 1.165) is 0 Å². The van der Waals surface area contributed by atoms with Crippen molar-refractivity contribution in [2.24, 2.45) is 7.05 Å². The molecule has 0 aromatic carbocycles. The highest BCUT2D eigenvalue weighted by molar-refractivity contribution is 7.80. The molecule has 1 N–H and O–H groups in total. The first-order valence-electron chi connectivity index (χ1n) is 3.61. The third-order valence-corrected chi connectivity index (χ3v) is 1.59. The highest BCUT2D eigenvalue weighted by Crippen LogP contribution is 1.94. The summed E-state index contributed by atoms with van der Waals surface area (Å²) < 4.78 is 1.59. The van der Waals surface area contributed by atoms with E-state index in [9.17, 15) is 4.79 Å². The van der Waals surface area contributed by atoms with E-state index in [1.165, 1.54) is 6.20 Å². The van der Waals surface area contributed by atoms with Crippen molar-refractivity contribution in [2.45, 2.75) is 0 Å². The van der Waals surface area contributed by atoms with Crippen LogP contribution in [0.25, 0.3) is 0 Å². The van der Waals surface area contributed by atoms with Gasteiger partial charge in [-0.15, -0.1) is 0 Å². The zero-order valence-electron chi connectivity index (χ0n) is 6.82. The lowest BCUT2D eigenvalue weighted by Gasteiger charge is -1.98. The van der Waals surface area contributed by atoms with E-state index < -0.39 is 0 Å². The summed E-state index contributed by atoms with van der Waals surface area (Å²) in [6.45, 7) is 0.580. The van der Waals surface area contributed by atoms with Gasteiger partial charge in [-0.1, -0.05) is 0 Å². The van der Waals surface area contributed by atoms with Gasteiger partial charge < -0.3 is 5.32 Å². The molecule has 0 atom stereocenters. The van der Waals surface area contributed by atoms with E-state index in [1.807, 2.05) is 0 Å². The Balaban J connectivity index is 2.53. The van der Waals surface area contributed by atoms with Crippen LogP contribution in [0.4, 0.5) is 0 Å². The Kier molecular flexibility index (Phi) is 3.16. The molecule has 0 fully saturated rings. The monoisotopic (exact) mass is 185 g/mol. The van der Waals surface area contributed by atoms with Gasteiger partial charge in [-0.2, -0.15) is 17.7 Å². The average molecular weight is 185 g/mol. The first-order valence-corrected chi connectivity index (χ1v) is 4.25. The highest BCUT2D eigenvalue weighted by Gasteiger charge is 2.05. The number of aryl methyl sites for hydroxylation is 1. The van der Waals surface area contributed by atoms with Gasteiger partial charge in [-0.05, 0) is 0 Å². The van der Waals surface area contributed by atoms with E-state index in [-0.39, 0.29) is 5.91 Å². The predicted octanol–water partition coefficient (Wildman–Crippen LogP) is 0.0797. The highest BCUT2D eigenvalue weighted by atomic mass is 32.1. The fourth-order valence-corrected chi connectivity index (χ4v) is 0.922. The van der Waals surface area contributed by atoms with Gasteiger partial charge in [0.15, 0.2) is 0 Å². The van der Waals surface area contributed by atoms with Gasteiger partial charge in [0.25, 0.3) is 5.91 Å². The molecule has 1 rings (SSSR count). The van der Waals surface area contributed by atoms with Crippen LogP contribution in [0.1, 0.15) is 10.4 Å². The van der Waals surface area contributed by atoms with Crippen molar-refractivity contribution in [2.75, 3.05) is 12.3 Å². The quantitative estimate of drug-likeness (QED) is 0.655. The van der Waals surface area contributed by atoms with Gasteiger partial charge >= 0.3 is 0 Å². The molecule has 0 unspecified atom stereocenters. The fourth-order valence-electron chi connectivity index (χ4n) is 0.810. The Labute approximate surface area is 76.4 Å². The van der Waals surface area contributed by atoms with Gasteiger partial charge in [-0.25, -0.2) is 0 Å². The van der Waals surface area contributed by atoms with Crippen LogP contribution in [0.15, 0.2) is 12.4 Å². The summed E-state index contributed by atoms with van der Waals surface area (Å²) in [5.41, 5.74) is 0.583. The molecule has 12 heavy (non-hydrogen) atoms. The molecule has 0 aliphatic heterocycles. The van der Waals surface area contributed by atoms with Crippen molar-refractivity contribution in [1.82, 2.24) is 15.1 Å². The number of aromatic nitrogens is 2. The summed E-state index contributed by atoms with van der Waals surface area (Å²) in [5.74, 6) is 0.545. The normalized spacial score (nSPS) is 9.83. The minimum Gasteiger partial charge on any atom is -0.351 e.